The maximum absolute atomic E-state index is 13.7. The normalized spacial score (nSPS) is 15.9. The van der Waals surface area contributed by atoms with Crippen LogP contribution in [0, 0.1) is 12.8 Å². The van der Waals surface area contributed by atoms with Crippen LogP contribution in [0.25, 0.3) is 0 Å². The highest BCUT2D eigenvalue weighted by Gasteiger charge is 2.27. The molecule has 6 heteroatoms. The molecule has 0 atom stereocenters. The highest BCUT2D eigenvalue weighted by molar-refractivity contribution is 6.06. The summed E-state index contributed by atoms with van der Waals surface area (Å²) in [5.74, 6) is 0.873. The van der Waals surface area contributed by atoms with E-state index in [-0.39, 0.29) is 5.91 Å². The molecule has 0 unspecified atom stereocenters. The van der Waals surface area contributed by atoms with E-state index in [1.807, 2.05) is 66.1 Å². The van der Waals surface area contributed by atoms with Crippen LogP contribution < -0.4 is 10.2 Å². The molecule has 2 aliphatic rings. The second-order valence-corrected chi connectivity index (χ2v) is 10.0. The molecule has 35 heavy (non-hydrogen) atoms. The number of hydrogen-bond acceptors (Lipinski definition) is 4. The van der Waals surface area contributed by atoms with Crippen molar-refractivity contribution in [1.82, 2.24) is 15.1 Å². The molecule has 3 heterocycles. The van der Waals surface area contributed by atoms with Gasteiger partial charge in [-0.15, -0.1) is 0 Å². The summed E-state index contributed by atoms with van der Waals surface area (Å²) >= 11 is 0. The lowest BCUT2D eigenvalue weighted by atomic mass is 9.90. The number of fused-ring (bicyclic) bond motifs is 2. The number of amides is 1. The molecule has 5 rings (SSSR count). The van der Waals surface area contributed by atoms with E-state index in [1.54, 1.807) is 0 Å². The van der Waals surface area contributed by atoms with Crippen molar-refractivity contribution in [2.45, 2.75) is 52.0 Å². The number of aromatic nitrogens is 2. The van der Waals surface area contributed by atoms with Crippen molar-refractivity contribution in [2.75, 3.05) is 18.0 Å². The fraction of sp³-hybridized carbons (Fsp3) is 0.414. The van der Waals surface area contributed by atoms with E-state index >= 15 is 0 Å². The van der Waals surface area contributed by atoms with Gasteiger partial charge in [0.1, 0.15) is 5.78 Å². The molecule has 1 saturated heterocycles. The van der Waals surface area contributed by atoms with Crippen LogP contribution in [0.2, 0.25) is 0 Å². The molecule has 0 spiro atoms. The Hall–Kier alpha value is -3.25. The number of para-hydroxylation sites is 1. The average Bonchev–Trinajstić information content (AvgIpc) is 3.11. The zero-order valence-corrected chi connectivity index (χ0v) is 20.7. The van der Waals surface area contributed by atoms with Crippen LogP contribution in [0.5, 0.6) is 0 Å². The van der Waals surface area contributed by atoms with Crippen LogP contribution >= 0.6 is 0 Å². The van der Waals surface area contributed by atoms with Crippen molar-refractivity contribution in [3.05, 3.63) is 82.2 Å². The SMILES string of the molecule is Cc1cc(C(=O)N2Cc3cnn(C)c3Cc3ccccc32)ccc1CCC(=O)CC1CCNCC1. The first kappa shape index (κ1) is 23.5. The Bertz CT molecular complexity index is 1240. The first-order chi connectivity index (χ1) is 17.0. The van der Waals surface area contributed by atoms with Crippen LogP contribution in [-0.4, -0.2) is 34.6 Å². The first-order valence-electron chi connectivity index (χ1n) is 12.7. The smallest absolute Gasteiger partial charge is 0.258 e. The molecule has 0 radical (unpaired) electrons. The minimum Gasteiger partial charge on any atom is -0.317 e. The number of nitrogens with one attached hydrogen (secondary N) is 1. The molecule has 0 bridgehead atoms. The number of piperidine rings is 1. The van der Waals surface area contributed by atoms with Gasteiger partial charge in [0.25, 0.3) is 5.91 Å². The van der Waals surface area contributed by atoms with Crippen LogP contribution in [0.15, 0.2) is 48.7 Å². The molecule has 6 nitrogen and oxygen atoms in total. The molecule has 2 aromatic carbocycles. The van der Waals surface area contributed by atoms with Crippen LogP contribution in [0.3, 0.4) is 0 Å². The van der Waals surface area contributed by atoms with Gasteiger partial charge in [-0.3, -0.25) is 14.3 Å². The summed E-state index contributed by atoms with van der Waals surface area (Å²) in [6.45, 7) is 4.59. The molecular formula is C29H34N4O2. The zero-order chi connectivity index (χ0) is 24.4. The van der Waals surface area contributed by atoms with E-state index in [1.165, 1.54) is 0 Å². The van der Waals surface area contributed by atoms with Gasteiger partial charge < -0.3 is 10.2 Å². The van der Waals surface area contributed by atoms with E-state index in [4.69, 9.17) is 0 Å². The predicted molar refractivity (Wildman–Crippen MR) is 138 cm³/mol. The Morgan fingerprint density at radius 1 is 1.09 bits per heavy atom. The minimum atomic E-state index is -0.00853. The van der Waals surface area contributed by atoms with Gasteiger partial charge in [-0.2, -0.15) is 5.10 Å². The average molecular weight is 471 g/mol. The number of hydrogen-bond donors (Lipinski definition) is 1. The molecule has 2 aliphatic heterocycles. The number of benzene rings is 2. The van der Waals surface area contributed by atoms with Crippen molar-refractivity contribution >= 4 is 17.4 Å². The number of ketones is 1. The van der Waals surface area contributed by atoms with Crippen molar-refractivity contribution in [3.63, 3.8) is 0 Å². The Kier molecular flexibility index (Phi) is 6.82. The lowest BCUT2D eigenvalue weighted by Crippen LogP contribution is -2.30. The summed E-state index contributed by atoms with van der Waals surface area (Å²) < 4.78 is 1.91. The zero-order valence-electron chi connectivity index (χ0n) is 20.7. The minimum absolute atomic E-state index is 0.00853. The molecular weight excluding hydrogens is 436 g/mol. The summed E-state index contributed by atoms with van der Waals surface area (Å²) in [5, 5.41) is 7.78. The highest BCUT2D eigenvalue weighted by atomic mass is 16.2. The van der Waals surface area contributed by atoms with E-state index < -0.39 is 0 Å². The van der Waals surface area contributed by atoms with Crippen molar-refractivity contribution in [2.24, 2.45) is 13.0 Å². The number of rotatable bonds is 6. The van der Waals surface area contributed by atoms with E-state index in [0.29, 0.717) is 36.7 Å². The van der Waals surface area contributed by atoms with Crippen molar-refractivity contribution < 1.29 is 9.59 Å². The second-order valence-electron chi connectivity index (χ2n) is 10.0. The molecule has 1 amide bonds. The lowest BCUT2D eigenvalue weighted by Gasteiger charge is -2.23. The maximum atomic E-state index is 13.7. The van der Waals surface area contributed by atoms with E-state index in [9.17, 15) is 9.59 Å². The van der Waals surface area contributed by atoms with Gasteiger partial charge in [-0.1, -0.05) is 24.3 Å². The maximum Gasteiger partial charge on any atom is 0.258 e. The number of aryl methyl sites for hydroxylation is 3. The monoisotopic (exact) mass is 470 g/mol. The van der Waals surface area contributed by atoms with E-state index in [2.05, 4.69) is 16.5 Å². The third-order valence-electron chi connectivity index (χ3n) is 7.60. The number of Topliss-reactive ketones (excluding diaryl/α,β-unsaturated/α-hetero) is 1. The standard InChI is InChI=1S/C29H34N4O2/c1-20-15-24(8-7-22(20)9-10-26(34)16-21-11-13-30-14-12-21)29(35)33-19-25-18-31-32(2)28(25)17-23-5-3-4-6-27(23)33/h3-8,15,18,21,30H,9-14,16-17,19H2,1-2H3. The molecule has 0 saturated carbocycles. The molecule has 182 valence electrons. The van der Waals surface area contributed by atoms with Crippen LogP contribution in [0.4, 0.5) is 5.69 Å². The van der Waals surface area contributed by atoms with Crippen molar-refractivity contribution in [3.8, 4) is 0 Å². The van der Waals surface area contributed by atoms with Crippen molar-refractivity contribution in [1.29, 1.82) is 0 Å². The summed E-state index contributed by atoms with van der Waals surface area (Å²) in [6, 6.07) is 14.1. The van der Waals surface area contributed by atoms with Gasteiger partial charge in [-0.05, 0) is 80.1 Å². The van der Waals surface area contributed by atoms with Gasteiger partial charge >= 0.3 is 0 Å². The third-order valence-corrected chi connectivity index (χ3v) is 7.60. The summed E-state index contributed by atoms with van der Waals surface area (Å²) in [4.78, 5) is 28.1. The first-order valence-corrected chi connectivity index (χ1v) is 12.7. The summed E-state index contributed by atoms with van der Waals surface area (Å²) in [7, 11) is 1.96. The highest BCUT2D eigenvalue weighted by Crippen LogP contribution is 2.31. The van der Waals surface area contributed by atoms with Gasteiger partial charge in [0.05, 0.1) is 12.7 Å². The Labute approximate surface area is 207 Å². The van der Waals surface area contributed by atoms with Gasteiger partial charge in [-0.25, -0.2) is 0 Å². The van der Waals surface area contributed by atoms with Crippen LogP contribution in [-0.2, 0) is 31.2 Å². The topological polar surface area (TPSA) is 67.2 Å². The number of nitrogens with zero attached hydrogens (tertiary/aromatic N) is 3. The molecule has 1 N–H and O–H groups in total. The van der Waals surface area contributed by atoms with Gasteiger partial charge in [0, 0.05) is 48.8 Å². The van der Waals surface area contributed by atoms with Gasteiger partial charge in [0.15, 0.2) is 0 Å². The summed E-state index contributed by atoms with van der Waals surface area (Å²) in [6.07, 6.45) is 6.83. The predicted octanol–water partition coefficient (Wildman–Crippen LogP) is 4.37. The van der Waals surface area contributed by atoms with Gasteiger partial charge in [0.2, 0.25) is 0 Å². The number of carbonyl (C=O) groups excluding carboxylic acids is 2. The van der Waals surface area contributed by atoms with Crippen LogP contribution in [0.1, 0.15) is 64.0 Å². The molecule has 1 fully saturated rings. The van der Waals surface area contributed by atoms with E-state index in [0.717, 1.165) is 72.4 Å². The molecule has 0 aliphatic carbocycles. The Balaban J connectivity index is 1.31. The molecule has 1 aromatic heterocycles. The molecule has 3 aromatic rings. The Morgan fingerprint density at radius 3 is 2.69 bits per heavy atom. The third kappa shape index (κ3) is 5.08. The fourth-order valence-corrected chi connectivity index (χ4v) is 5.46. The fourth-order valence-electron chi connectivity index (χ4n) is 5.46. The quantitative estimate of drug-likeness (QED) is 0.581. The number of anilines is 1. The Morgan fingerprint density at radius 2 is 1.89 bits per heavy atom. The summed E-state index contributed by atoms with van der Waals surface area (Å²) in [5.41, 5.74) is 7.20. The largest absolute Gasteiger partial charge is 0.317 e. The number of carbonyl (C=O) groups is 2. The lowest BCUT2D eigenvalue weighted by molar-refractivity contribution is -0.120. The second kappa shape index (κ2) is 10.2.